The third kappa shape index (κ3) is 1.14. The van der Waals surface area contributed by atoms with E-state index in [1.54, 1.807) is 16.8 Å². The minimum Gasteiger partial charge on any atom is -0.343 e. The van der Waals surface area contributed by atoms with Crippen LogP contribution in [0, 0.1) is 5.92 Å². The molecule has 13 heavy (non-hydrogen) atoms. The smallest absolute Gasteiger partial charge is 0.208 e. The van der Waals surface area contributed by atoms with E-state index in [4.69, 9.17) is 5.73 Å². The van der Waals surface area contributed by atoms with Gasteiger partial charge in [-0.2, -0.15) is 0 Å². The second kappa shape index (κ2) is 2.42. The van der Waals surface area contributed by atoms with Gasteiger partial charge >= 0.3 is 0 Å². The van der Waals surface area contributed by atoms with Gasteiger partial charge in [0.05, 0.1) is 5.54 Å². The molecule has 1 aliphatic heterocycles. The normalized spacial score (nSPS) is 25.8. The molecule has 1 saturated carbocycles. The molecule has 70 valence electrons. The van der Waals surface area contributed by atoms with Crippen molar-refractivity contribution in [2.75, 3.05) is 18.0 Å². The quantitative estimate of drug-likeness (QED) is 0.747. The van der Waals surface area contributed by atoms with Crippen LogP contribution in [0.4, 0.5) is 5.13 Å². The predicted molar refractivity (Wildman–Crippen MR) is 51.8 cm³/mol. The molecule has 4 nitrogen and oxygen atoms in total. The van der Waals surface area contributed by atoms with Gasteiger partial charge < -0.3 is 10.6 Å². The molecule has 0 bridgehead atoms. The van der Waals surface area contributed by atoms with Crippen molar-refractivity contribution in [3.05, 3.63) is 5.51 Å². The van der Waals surface area contributed by atoms with E-state index in [2.05, 4.69) is 15.1 Å². The number of hydrogen-bond acceptors (Lipinski definition) is 5. The minimum absolute atomic E-state index is 0.0890. The molecule has 0 amide bonds. The fraction of sp³-hybridized carbons (Fsp3) is 0.750. The Morgan fingerprint density at radius 1 is 1.54 bits per heavy atom. The highest BCUT2D eigenvalue weighted by Gasteiger charge is 2.50. The van der Waals surface area contributed by atoms with Gasteiger partial charge in [0, 0.05) is 13.1 Å². The van der Waals surface area contributed by atoms with E-state index in [1.165, 1.54) is 12.8 Å². The third-order valence-corrected chi connectivity index (χ3v) is 3.73. The molecule has 1 aliphatic carbocycles. The highest BCUT2D eigenvalue weighted by Crippen LogP contribution is 2.44. The molecule has 0 radical (unpaired) electrons. The first-order valence-corrected chi connectivity index (χ1v) is 5.46. The summed E-state index contributed by atoms with van der Waals surface area (Å²) in [4.78, 5) is 2.22. The van der Waals surface area contributed by atoms with Crippen LogP contribution in [0.5, 0.6) is 0 Å². The van der Waals surface area contributed by atoms with Gasteiger partial charge in [-0.1, -0.05) is 11.3 Å². The van der Waals surface area contributed by atoms with E-state index < -0.39 is 0 Å². The van der Waals surface area contributed by atoms with Gasteiger partial charge in [-0.05, 0) is 18.8 Å². The second-order valence-electron chi connectivity index (χ2n) is 4.08. The lowest BCUT2D eigenvalue weighted by Crippen LogP contribution is -2.69. The van der Waals surface area contributed by atoms with E-state index in [-0.39, 0.29) is 5.54 Å². The van der Waals surface area contributed by atoms with Gasteiger partial charge in [-0.25, -0.2) is 0 Å². The molecule has 0 unspecified atom stereocenters. The molecule has 0 atom stereocenters. The highest BCUT2D eigenvalue weighted by molar-refractivity contribution is 7.13. The van der Waals surface area contributed by atoms with Gasteiger partial charge in [0.1, 0.15) is 5.51 Å². The number of hydrogen-bond donors (Lipinski definition) is 1. The van der Waals surface area contributed by atoms with Crippen molar-refractivity contribution in [2.45, 2.75) is 18.4 Å². The van der Waals surface area contributed by atoms with Crippen LogP contribution < -0.4 is 10.6 Å². The molecule has 0 spiro atoms. The topological polar surface area (TPSA) is 55.0 Å². The molecular formula is C8H12N4S. The summed E-state index contributed by atoms with van der Waals surface area (Å²) in [6.45, 7) is 1.93. The van der Waals surface area contributed by atoms with E-state index in [9.17, 15) is 0 Å². The number of anilines is 1. The monoisotopic (exact) mass is 196 g/mol. The van der Waals surface area contributed by atoms with Crippen molar-refractivity contribution < 1.29 is 0 Å². The van der Waals surface area contributed by atoms with Crippen LogP contribution in [-0.4, -0.2) is 28.8 Å². The van der Waals surface area contributed by atoms with Crippen LogP contribution in [0.1, 0.15) is 12.8 Å². The summed E-state index contributed by atoms with van der Waals surface area (Å²) < 4.78 is 0. The van der Waals surface area contributed by atoms with E-state index in [1.807, 2.05) is 0 Å². The van der Waals surface area contributed by atoms with Crippen molar-refractivity contribution >= 4 is 16.5 Å². The van der Waals surface area contributed by atoms with Gasteiger partial charge in [0.15, 0.2) is 0 Å². The lowest BCUT2D eigenvalue weighted by Gasteiger charge is -2.48. The molecule has 2 aliphatic rings. The Hall–Kier alpha value is -0.680. The van der Waals surface area contributed by atoms with Crippen molar-refractivity contribution in [1.82, 2.24) is 10.2 Å². The van der Waals surface area contributed by atoms with Crippen molar-refractivity contribution in [3.8, 4) is 0 Å². The van der Waals surface area contributed by atoms with Gasteiger partial charge in [-0.15, -0.1) is 10.2 Å². The fourth-order valence-corrected chi connectivity index (χ4v) is 2.58. The van der Waals surface area contributed by atoms with E-state index >= 15 is 0 Å². The zero-order valence-electron chi connectivity index (χ0n) is 7.31. The average molecular weight is 196 g/mol. The van der Waals surface area contributed by atoms with Gasteiger partial charge in [-0.3, -0.25) is 0 Å². The Kier molecular flexibility index (Phi) is 1.43. The maximum atomic E-state index is 6.22. The maximum absolute atomic E-state index is 6.22. The Balaban J connectivity index is 1.68. The first-order valence-electron chi connectivity index (χ1n) is 4.58. The Labute approximate surface area is 80.8 Å². The molecule has 0 aromatic carbocycles. The third-order valence-electron chi connectivity index (χ3n) is 2.98. The average Bonchev–Trinajstić information content (AvgIpc) is 2.77. The largest absolute Gasteiger partial charge is 0.343 e. The lowest BCUT2D eigenvalue weighted by molar-refractivity contribution is 0.290. The first-order chi connectivity index (χ1) is 6.28. The summed E-state index contributed by atoms with van der Waals surface area (Å²) in [6, 6.07) is 0. The molecule has 1 aromatic rings. The van der Waals surface area contributed by atoms with Crippen molar-refractivity contribution in [2.24, 2.45) is 11.7 Å². The zero-order valence-corrected chi connectivity index (χ0v) is 8.13. The Morgan fingerprint density at radius 2 is 2.31 bits per heavy atom. The summed E-state index contributed by atoms with van der Waals surface area (Å²) >= 11 is 1.59. The number of rotatable bonds is 2. The first kappa shape index (κ1) is 7.70. The number of nitrogens with zero attached hydrogens (tertiary/aromatic N) is 3. The Bertz CT molecular complexity index is 300. The number of nitrogens with two attached hydrogens (primary N) is 1. The summed E-state index contributed by atoms with van der Waals surface area (Å²) in [5.74, 6) is 0.775. The van der Waals surface area contributed by atoms with E-state index in [0.29, 0.717) is 0 Å². The molecule has 2 fully saturated rings. The summed E-state index contributed by atoms with van der Waals surface area (Å²) in [7, 11) is 0. The molecular weight excluding hydrogens is 184 g/mol. The minimum atomic E-state index is 0.0890. The predicted octanol–water partition coefficient (Wildman–Crippen LogP) is 0.466. The van der Waals surface area contributed by atoms with Gasteiger partial charge in [0.25, 0.3) is 0 Å². The number of aromatic nitrogens is 2. The SMILES string of the molecule is NC1(C2CC2)CN(c2nncs2)C1. The molecule has 1 saturated heterocycles. The second-order valence-corrected chi connectivity index (χ2v) is 4.90. The lowest BCUT2D eigenvalue weighted by atomic mass is 9.86. The van der Waals surface area contributed by atoms with Crippen LogP contribution in [0.25, 0.3) is 0 Å². The molecule has 1 aromatic heterocycles. The maximum Gasteiger partial charge on any atom is 0.208 e. The summed E-state index contributed by atoms with van der Waals surface area (Å²) in [6.07, 6.45) is 2.64. The van der Waals surface area contributed by atoms with Crippen LogP contribution in [0.15, 0.2) is 5.51 Å². The Morgan fingerprint density at radius 3 is 2.85 bits per heavy atom. The van der Waals surface area contributed by atoms with Crippen molar-refractivity contribution in [1.29, 1.82) is 0 Å². The molecule has 5 heteroatoms. The summed E-state index contributed by atoms with van der Waals surface area (Å²) in [5.41, 5.74) is 8.08. The highest BCUT2D eigenvalue weighted by atomic mass is 32.1. The van der Waals surface area contributed by atoms with Crippen LogP contribution >= 0.6 is 11.3 Å². The molecule has 3 rings (SSSR count). The standard InChI is InChI=1S/C8H12N4S/c9-8(6-1-2-6)3-12(4-8)7-11-10-5-13-7/h5-6H,1-4,9H2. The zero-order chi connectivity index (χ0) is 8.89. The van der Waals surface area contributed by atoms with Crippen LogP contribution in [0.3, 0.4) is 0 Å². The molecule has 2 heterocycles. The van der Waals surface area contributed by atoms with E-state index in [0.717, 1.165) is 24.1 Å². The molecule has 2 N–H and O–H groups in total. The summed E-state index contributed by atoms with van der Waals surface area (Å²) in [5, 5.41) is 8.86. The van der Waals surface area contributed by atoms with Crippen LogP contribution in [-0.2, 0) is 0 Å². The van der Waals surface area contributed by atoms with Crippen molar-refractivity contribution in [3.63, 3.8) is 0 Å². The van der Waals surface area contributed by atoms with Gasteiger partial charge in [0.2, 0.25) is 5.13 Å². The van der Waals surface area contributed by atoms with Crippen LogP contribution in [0.2, 0.25) is 0 Å². The fourth-order valence-electron chi connectivity index (χ4n) is 2.02.